The lowest BCUT2D eigenvalue weighted by Gasteiger charge is -2.00. The van der Waals surface area contributed by atoms with Gasteiger partial charge in [0.15, 0.2) is 0 Å². The van der Waals surface area contributed by atoms with E-state index in [4.69, 9.17) is 0 Å². The molecule has 0 aliphatic rings. The summed E-state index contributed by atoms with van der Waals surface area (Å²) in [4.78, 5) is 9.84. The Kier molecular flexibility index (Phi) is 15.1. The van der Waals surface area contributed by atoms with Gasteiger partial charge >= 0.3 is 5.97 Å². The summed E-state index contributed by atoms with van der Waals surface area (Å²) in [6.07, 6.45) is 6.90. The minimum absolute atomic E-state index is 0.213. The van der Waals surface area contributed by atoms with E-state index in [1.54, 1.807) is 6.04 Å². The third-order valence-electron chi connectivity index (χ3n) is 2.00. The number of hydrogen-bond acceptors (Lipinski definition) is 2. The number of methoxy groups -OCH3 is 1. The Hall–Kier alpha value is -0.573. The Morgan fingerprint density at radius 1 is 1.33 bits per heavy atom. The van der Waals surface area contributed by atoms with Crippen molar-refractivity contribution in [2.75, 3.05) is 7.11 Å². The van der Waals surface area contributed by atoms with Crippen LogP contribution < -0.4 is 0 Å². The average molecular weight is 230 g/mol. The van der Waals surface area contributed by atoms with Gasteiger partial charge in [0.2, 0.25) is 0 Å². The van der Waals surface area contributed by atoms with Crippen LogP contribution in [0.2, 0.25) is 19.1 Å². The maximum Gasteiger partial charge on any atom is 0.329 e. The molecule has 2 nitrogen and oxygen atoms in total. The number of ether oxygens (including phenoxy) is 1. The first kappa shape index (κ1) is 16.8. The molecule has 0 fully saturated rings. The van der Waals surface area contributed by atoms with E-state index in [9.17, 15) is 4.79 Å². The van der Waals surface area contributed by atoms with Crippen LogP contribution in [0.4, 0.5) is 0 Å². The predicted octanol–water partition coefficient (Wildman–Crippen LogP) is 3.40. The topological polar surface area (TPSA) is 26.3 Å². The second kappa shape index (κ2) is 13.4. The predicted molar refractivity (Wildman–Crippen MR) is 70.0 cm³/mol. The Balaban J connectivity index is 0. The Morgan fingerprint density at radius 3 is 2.20 bits per heavy atom. The molecule has 0 saturated heterocycles. The van der Waals surface area contributed by atoms with Crippen LogP contribution in [0, 0.1) is 0 Å². The van der Waals surface area contributed by atoms with Gasteiger partial charge in [-0.05, 0) is 0 Å². The van der Waals surface area contributed by atoms with Crippen LogP contribution in [-0.4, -0.2) is 21.9 Å². The molecule has 0 spiro atoms. The van der Waals surface area contributed by atoms with Crippen molar-refractivity contribution in [3.8, 4) is 0 Å². The minimum Gasteiger partial charge on any atom is -0.466 e. The molecule has 0 heterocycles. The SMILES string of the molecule is C=CC(=O)OC.CCCCCC[SiH](C)C. The summed E-state index contributed by atoms with van der Waals surface area (Å²) in [5.74, 6) is -0.394. The van der Waals surface area contributed by atoms with Crippen LogP contribution in [0.15, 0.2) is 12.7 Å². The fraction of sp³-hybridized carbons (Fsp3) is 0.750. The van der Waals surface area contributed by atoms with Crippen molar-refractivity contribution in [1.29, 1.82) is 0 Å². The number of esters is 1. The van der Waals surface area contributed by atoms with Gasteiger partial charge in [0.05, 0.1) is 7.11 Å². The summed E-state index contributed by atoms with van der Waals surface area (Å²) in [6.45, 7) is 10.3. The second-order valence-corrected chi connectivity index (χ2v) is 7.34. The molecule has 15 heavy (non-hydrogen) atoms. The molecule has 0 unspecified atom stereocenters. The smallest absolute Gasteiger partial charge is 0.329 e. The van der Waals surface area contributed by atoms with Crippen LogP contribution in [0.3, 0.4) is 0 Å². The second-order valence-electron chi connectivity index (χ2n) is 3.97. The summed E-state index contributed by atoms with van der Waals surface area (Å²) in [7, 11) is 1.10. The number of rotatable bonds is 6. The van der Waals surface area contributed by atoms with Crippen molar-refractivity contribution in [1.82, 2.24) is 0 Å². The monoisotopic (exact) mass is 230 g/mol. The van der Waals surface area contributed by atoms with E-state index in [2.05, 4.69) is 31.3 Å². The standard InChI is InChI=1S/C8H20Si.C4H6O2/c1-4-5-6-7-8-9(2)3;1-3-4(5)6-2/h9H,4-8H2,1-3H3;3H,1H2,2H3. The van der Waals surface area contributed by atoms with Crippen LogP contribution >= 0.6 is 0 Å². The summed E-state index contributed by atoms with van der Waals surface area (Å²) < 4.78 is 4.14. The lowest BCUT2D eigenvalue weighted by atomic mass is 10.2. The quantitative estimate of drug-likeness (QED) is 0.302. The van der Waals surface area contributed by atoms with Gasteiger partial charge in [0.25, 0.3) is 0 Å². The van der Waals surface area contributed by atoms with Gasteiger partial charge in [-0.25, -0.2) is 4.79 Å². The summed E-state index contributed by atoms with van der Waals surface area (Å²) in [5.41, 5.74) is 0. The van der Waals surface area contributed by atoms with Crippen LogP contribution in [0.5, 0.6) is 0 Å². The fourth-order valence-electron chi connectivity index (χ4n) is 1.06. The summed E-state index contributed by atoms with van der Waals surface area (Å²) in [5, 5.41) is 0. The van der Waals surface area contributed by atoms with E-state index in [1.165, 1.54) is 32.8 Å². The number of carbonyl (C=O) groups excluding carboxylic acids is 1. The first-order valence-electron chi connectivity index (χ1n) is 5.78. The van der Waals surface area contributed by atoms with Crippen molar-refractivity contribution in [3.63, 3.8) is 0 Å². The molecular formula is C12H26O2Si. The van der Waals surface area contributed by atoms with Gasteiger partial charge in [0.1, 0.15) is 0 Å². The van der Waals surface area contributed by atoms with Gasteiger partial charge in [-0.1, -0.05) is 58.3 Å². The van der Waals surface area contributed by atoms with Gasteiger partial charge in [-0.15, -0.1) is 0 Å². The summed E-state index contributed by atoms with van der Waals surface area (Å²) in [6, 6.07) is 1.56. The van der Waals surface area contributed by atoms with Crippen LogP contribution in [-0.2, 0) is 9.53 Å². The minimum atomic E-state index is -0.394. The Bertz CT molecular complexity index is 156. The Morgan fingerprint density at radius 2 is 1.93 bits per heavy atom. The maximum absolute atomic E-state index is 9.84. The third-order valence-corrected chi connectivity index (χ3v) is 3.57. The zero-order valence-electron chi connectivity index (χ0n) is 10.7. The van der Waals surface area contributed by atoms with Crippen LogP contribution in [0.25, 0.3) is 0 Å². The fourth-order valence-corrected chi connectivity index (χ4v) is 2.17. The molecule has 0 aliphatic heterocycles. The van der Waals surface area contributed by atoms with Gasteiger partial charge < -0.3 is 4.74 Å². The van der Waals surface area contributed by atoms with E-state index in [0.29, 0.717) is 0 Å². The van der Waals surface area contributed by atoms with Crippen LogP contribution in [0.1, 0.15) is 32.6 Å². The first-order valence-corrected chi connectivity index (χ1v) is 8.91. The molecule has 0 amide bonds. The van der Waals surface area contributed by atoms with Crippen molar-refractivity contribution in [3.05, 3.63) is 12.7 Å². The third kappa shape index (κ3) is 19.7. The molecule has 0 bridgehead atoms. The summed E-state index contributed by atoms with van der Waals surface area (Å²) >= 11 is 0. The molecule has 0 N–H and O–H groups in total. The van der Waals surface area contributed by atoms with Crippen molar-refractivity contribution < 1.29 is 9.53 Å². The van der Waals surface area contributed by atoms with E-state index in [0.717, 1.165) is 6.08 Å². The molecule has 0 aromatic heterocycles. The zero-order chi connectivity index (χ0) is 12.1. The molecule has 0 aromatic carbocycles. The normalized spacial score (nSPS) is 9.13. The molecule has 0 atom stereocenters. The van der Waals surface area contributed by atoms with E-state index in [-0.39, 0.29) is 8.80 Å². The zero-order valence-corrected chi connectivity index (χ0v) is 11.9. The molecule has 0 aromatic rings. The molecule has 0 aliphatic carbocycles. The highest BCUT2D eigenvalue weighted by Crippen LogP contribution is 2.05. The molecule has 90 valence electrons. The Labute approximate surface area is 96.3 Å². The molecule has 0 rings (SSSR count). The van der Waals surface area contributed by atoms with E-state index < -0.39 is 5.97 Å². The van der Waals surface area contributed by atoms with Gasteiger partial charge in [0, 0.05) is 14.9 Å². The van der Waals surface area contributed by atoms with Gasteiger partial charge in [-0.3, -0.25) is 0 Å². The van der Waals surface area contributed by atoms with Crippen molar-refractivity contribution >= 4 is 14.8 Å². The van der Waals surface area contributed by atoms with E-state index in [1.807, 2.05) is 0 Å². The molecular weight excluding hydrogens is 204 g/mol. The highest BCUT2D eigenvalue weighted by atomic mass is 28.3. The highest BCUT2D eigenvalue weighted by Gasteiger charge is 1.93. The first-order chi connectivity index (χ1) is 7.08. The van der Waals surface area contributed by atoms with Gasteiger partial charge in [-0.2, -0.15) is 0 Å². The molecule has 0 radical (unpaired) electrons. The lowest BCUT2D eigenvalue weighted by molar-refractivity contribution is -0.134. The average Bonchev–Trinajstić information content (AvgIpc) is 2.24. The number of hydrogen-bond donors (Lipinski definition) is 0. The molecule has 3 heteroatoms. The maximum atomic E-state index is 9.84. The number of carbonyl (C=O) groups is 1. The van der Waals surface area contributed by atoms with E-state index >= 15 is 0 Å². The molecule has 0 saturated carbocycles. The number of unbranched alkanes of at least 4 members (excludes halogenated alkanes) is 3. The largest absolute Gasteiger partial charge is 0.466 e. The highest BCUT2D eigenvalue weighted by molar-refractivity contribution is 6.55. The van der Waals surface area contributed by atoms with Crippen molar-refractivity contribution in [2.24, 2.45) is 0 Å². The van der Waals surface area contributed by atoms with Crippen molar-refractivity contribution in [2.45, 2.75) is 51.7 Å². The lowest BCUT2D eigenvalue weighted by Crippen LogP contribution is -1.97.